The highest BCUT2D eigenvalue weighted by atomic mass is 127. The summed E-state index contributed by atoms with van der Waals surface area (Å²) >= 11 is 0. The van der Waals surface area contributed by atoms with Gasteiger partial charge in [0.05, 0.1) is 19.8 Å². The highest BCUT2D eigenvalue weighted by molar-refractivity contribution is 14.0. The highest BCUT2D eigenvalue weighted by Gasteiger charge is 2.15. The monoisotopic (exact) mass is 491 g/mol. The maximum atomic E-state index is 5.68. The average molecular weight is 491 g/mol. The van der Waals surface area contributed by atoms with Crippen LogP contribution in [0.2, 0.25) is 0 Å². The first-order valence-corrected chi connectivity index (χ1v) is 9.51. The Morgan fingerprint density at radius 1 is 1.33 bits per heavy atom. The van der Waals surface area contributed by atoms with E-state index in [1.165, 1.54) is 5.56 Å². The number of para-hydroxylation sites is 1. The molecule has 7 heteroatoms. The molecule has 0 bridgehead atoms. The Balaban J connectivity index is 0.00000364. The zero-order chi connectivity index (χ0) is 18.6. The van der Waals surface area contributed by atoms with Crippen LogP contribution in [0.5, 0.6) is 5.75 Å². The van der Waals surface area contributed by atoms with E-state index in [1.807, 2.05) is 18.2 Å². The molecule has 1 saturated heterocycles. The summed E-state index contributed by atoms with van der Waals surface area (Å²) in [6.45, 7) is 6.12. The topological polar surface area (TPSA) is 64.1 Å². The van der Waals surface area contributed by atoms with Crippen molar-refractivity contribution in [3.63, 3.8) is 0 Å². The van der Waals surface area contributed by atoms with E-state index in [-0.39, 0.29) is 24.0 Å². The maximum Gasteiger partial charge on any atom is 0.190 e. The summed E-state index contributed by atoms with van der Waals surface area (Å²) in [5.74, 6) is 2.05. The number of hydrogen-bond donors (Lipinski definition) is 2. The molecule has 1 aromatic carbocycles. The molecule has 6 nitrogen and oxygen atoms in total. The lowest BCUT2D eigenvalue weighted by Gasteiger charge is -2.18. The summed E-state index contributed by atoms with van der Waals surface area (Å²) in [7, 11) is 3.50. The number of ether oxygens (including phenoxy) is 3. The third-order valence-corrected chi connectivity index (χ3v) is 4.55. The Labute approximate surface area is 180 Å². The molecule has 2 rings (SSSR count). The SMILES string of the molecule is CN=C(NCCCOCC1CCCO1)NCC(C)c1ccccc1OC.I. The molecule has 0 radical (unpaired) electrons. The van der Waals surface area contributed by atoms with Crippen molar-refractivity contribution in [1.29, 1.82) is 0 Å². The van der Waals surface area contributed by atoms with Crippen molar-refractivity contribution in [2.24, 2.45) is 4.99 Å². The standard InChI is InChI=1S/C20H33N3O3.HI/c1-16(18-9-4-5-10-19(18)24-3)14-23-20(21-2)22-11-7-12-25-15-17-8-6-13-26-17;/h4-5,9-10,16-17H,6-8,11-15H2,1-3H3,(H2,21,22,23);1H. The molecule has 1 aliphatic rings. The van der Waals surface area contributed by atoms with Crippen molar-refractivity contribution >= 4 is 29.9 Å². The third kappa shape index (κ3) is 8.66. The number of nitrogens with one attached hydrogen (secondary N) is 2. The molecule has 0 aliphatic carbocycles. The molecular formula is C20H34IN3O3. The van der Waals surface area contributed by atoms with E-state index in [4.69, 9.17) is 14.2 Å². The molecule has 1 heterocycles. The smallest absolute Gasteiger partial charge is 0.190 e. The fraction of sp³-hybridized carbons (Fsp3) is 0.650. The average Bonchev–Trinajstić information content (AvgIpc) is 3.20. The molecule has 1 fully saturated rings. The van der Waals surface area contributed by atoms with Gasteiger partial charge in [-0.3, -0.25) is 4.99 Å². The number of nitrogens with zero attached hydrogens (tertiary/aromatic N) is 1. The van der Waals surface area contributed by atoms with Crippen molar-refractivity contribution < 1.29 is 14.2 Å². The van der Waals surface area contributed by atoms with Crippen molar-refractivity contribution in [2.45, 2.75) is 38.2 Å². The van der Waals surface area contributed by atoms with Crippen LogP contribution >= 0.6 is 24.0 Å². The summed E-state index contributed by atoms with van der Waals surface area (Å²) in [6, 6.07) is 8.13. The van der Waals surface area contributed by atoms with Gasteiger partial charge in [0.15, 0.2) is 5.96 Å². The number of halogens is 1. The molecule has 154 valence electrons. The van der Waals surface area contributed by atoms with E-state index in [0.29, 0.717) is 18.6 Å². The van der Waals surface area contributed by atoms with Crippen LogP contribution in [0.15, 0.2) is 29.3 Å². The second-order valence-electron chi connectivity index (χ2n) is 6.59. The Morgan fingerprint density at radius 2 is 2.15 bits per heavy atom. The molecule has 1 aliphatic heterocycles. The predicted octanol–water partition coefficient (Wildman–Crippen LogP) is 3.17. The fourth-order valence-corrected chi connectivity index (χ4v) is 3.03. The Hall–Kier alpha value is -1.06. The van der Waals surface area contributed by atoms with E-state index in [1.54, 1.807) is 14.2 Å². The minimum absolute atomic E-state index is 0. The van der Waals surface area contributed by atoms with Gasteiger partial charge in [-0.2, -0.15) is 0 Å². The lowest BCUT2D eigenvalue weighted by molar-refractivity contribution is 0.0168. The second kappa shape index (κ2) is 14.0. The molecule has 0 amide bonds. The molecule has 2 atom stereocenters. The number of guanidine groups is 1. The Bertz CT molecular complexity index is 551. The highest BCUT2D eigenvalue weighted by Crippen LogP contribution is 2.25. The molecule has 0 spiro atoms. The van der Waals surface area contributed by atoms with Gasteiger partial charge in [0.25, 0.3) is 0 Å². The summed E-state index contributed by atoms with van der Waals surface area (Å²) in [6.07, 6.45) is 3.52. The van der Waals surface area contributed by atoms with Crippen LogP contribution in [0.4, 0.5) is 0 Å². The van der Waals surface area contributed by atoms with Crippen LogP contribution in [-0.4, -0.2) is 59.1 Å². The lowest BCUT2D eigenvalue weighted by atomic mass is 10.0. The van der Waals surface area contributed by atoms with Gasteiger partial charge in [0.1, 0.15) is 5.75 Å². The molecule has 2 N–H and O–H groups in total. The van der Waals surface area contributed by atoms with Crippen molar-refractivity contribution in [1.82, 2.24) is 10.6 Å². The van der Waals surface area contributed by atoms with E-state index >= 15 is 0 Å². The fourth-order valence-electron chi connectivity index (χ4n) is 3.03. The van der Waals surface area contributed by atoms with Crippen molar-refractivity contribution in [3.05, 3.63) is 29.8 Å². The van der Waals surface area contributed by atoms with Gasteiger partial charge >= 0.3 is 0 Å². The summed E-state index contributed by atoms with van der Waals surface area (Å²) < 4.78 is 16.7. The van der Waals surface area contributed by atoms with Crippen LogP contribution in [-0.2, 0) is 9.47 Å². The number of hydrogen-bond acceptors (Lipinski definition) is 4. The number of benzene rings is 1. The molecule has 0 saturated carbocycles. The minimum Gasteiger partial charge on any atom is -0.496 e. The second-order valence-corrected chi connectivity index (χ2v) is 6.59. The van der Waals surface area contributed by atoms with Crippen LogP contribution in [0, 0.1) is 0 Å². The maximum absolute atomic E-state index is 5.68. The Kier molecular flexibility index (Phi) is 12.4. The molecule has 27 heavy (non-hydrogen) atoms. The van der Waals surface area contributed by atoms with Gasteiger partial charge in [-0.25, -0.2) is 0 Å². The molecule has 0 aromatic heterocycles. The van der Waals surface area contributed by atoms with Crippen molar-refractivity contribution in [2.75, 3.05) is 47.1 Å². The normalized spacial score (nSPS) is 17.9. The summed E-state index contributed by atoms with van der Waals surface area (Å²) in [5, 5.41) is 6.71. The zero-order valence-electron chi connectivity index (χ0n) is 16.7. The van der Waals surface area contributed by atoms with Crippen LogP contribution in [0.3, 0.4) is 0 Å². The summed E-state index contributed by atoms with van der Waals surface area (Å²) in [4.78, 5) is 4.28. The molecular weight excluding hydrogens is 457 g/mol. The van der Waals surface area contributed by atoms with Gasteiger partial charge in [-0.15, -0.1) is 24.0 Å². The number of aliphatic imine (C=N–C) groups is 1. The zero-order valence-corrected chi connectivity index (χ0v) is 19.0. The molecule has 2 unspecified atom stereocenters. The third-order valence-electron chi connectivity index (χ3n) is 4.55. The number of methoxy groups -OCH3 is 1. The van der Waals surface area contributed by atoms with Gasteiger partial charge < -0.3 is 24.8 Å². The minimum atomic E-state index is 0. The van der Waals surface area contributed by atoms with Gasteiger partial charge in [0, 0.05) is 39.3 Å². The van der Waals surface area contributed by atoms with Crippen LogP contribution < -0.4 is 15.4 Å². The predicted molar refractivity (Wildman–Crippen MR) is 121 cm³/mol. The first-order valence-electron chi connectivity index (χ1n) is 9.51. The quantitative estimate of drug-likeness (QED) is 0.228. The first kappa shape index (κ1) is 24.0. The van der Waals surface area contributed by atoms with Crippen molar-refractivity contribution in [3.8, 4) is 5.75 Å². The molecule has 1 aromatic rings. The lowest BCUT2D eigenvalue weighted by Crippen LogP contribution is -2.39. The van der Waals surface area contributed by atoms with E-state index < -0.39 is 0 Å². The largest absolute Gasteiger partial charge is 0.496 e. The van der Waals surface area contributed by atoms with Gasteiger partial charge in [-0.1, -0.05) is 25.1 Å². The first-order chi connectivity index (χ1) is 12.7. The van der Waals surface area contributed by atoms with Gasteiger partial charge in [-0.05, 0) is 30.9 Å². The summed E-state index contributed by atoms with van der Waals surface area (Å²) in [5.41, 5.74) is 1.19. The van der Waals surface area contributed by atoms with E-state index in [2.05, 4.69) is 28.6 Å². The van der Waals surface area contributed by atoms with E-state index in [9.17, 15) is 0 Å². The van der Waals surface area contributed by atoms with Gasteiger partial charge in [0.2, 0.25) is 0 Å². The number of rotatable bonds is 10. The van der Waals surface area contributed by atoms with E-state index in [0.717, 1.165) is 57.3 Å². The Morgan fingerprint density at radius 3 is 2.85 bits per heavy atom. The van der Waals surface area contributed by atoms with Crippen LogP contribution in [0.1, 0.15) is 37.7 Å². The van der Waals surface area contributed by atoms with Crippen LogP contribution in [0.25, 0.3) is 0 Å².